The summed E-state index contributed by atoms with van der Waals surface area (Å²) in [5, 5.41) is 0. The van der Waals surface area contributed by atoms with Crippen LogP contribution in [0.4, 0.5) is 15.8 Å². The van der Waals surface area contributed by atoms with Gasteiger partial charge in [0, 0.05) is 5.69 Å². The minimum atomic E-state index is -3.82. The van der Waals surface area contributed by atoms with Gasteiger partial charge in [-0.1, -0.05) is 12.1 Å². The van der Waals surface area contributed by atoms with E-state index in [0.717, 1.165) is 23.8 Å². The number of hydrogen-bond acceptors (Lipinski definition) is 3. The second-order valence-electron chi connectivity index (χ2n) is 4.16. The maximum atomic E-state index is 12.9. The van der Waals surface area contributed by atoms with E-state index in [-0.39, 0.29) is 10.6 Å². The predicted molar refractivity (Wildman–Crippen MR) is 72.8 cm³/mol. The molecule has 2 aromatic rings. The zero-order chi connectivity index (χ0) is 14.0. The van der Waals surface area contributed by atoms with Gasteiger partial charge < -0.3 is 5.73 Å². The molecule has 0 amide bonds. The monoisotopic (exact) mass is 280 g/mol. The number of anilines is 2. The Morgan fingerprint density at radius 2 is 1.89 bits per heavy atom. The van der Waals surface area contributed by atoms with Crippen LogP contribution in [0.25, 0.3) is 0 Å². The summed E-state index contributed by atoms with van der Waals surface area (Å²) in [6.45, 7) is 1.85. The lowest BCUT2D eigenvalue weighted by atomic mass is 10.2. The number of hydrogen-bond donors (Lipinski definition) is 2. The molecule has 0 fully saturated rings. The molecule has 0 aliphatic heterocycles. The third-order valence-corrected chi connectivity index (χ3v) is 3.99. The van der Waals surface area contributed by atoms with E-state index in [1.54, 1.807) is 18.2 Å². The molecule has 0 unspecified atom stereocenters. The molecule has 100 valence electrons. The highest BCUT2D eigenvalue weighted by atomic mass is 32.2. The molecule has 0 radical (unpaired) electrons. The molecule has 19 heavy (non-hydrogen) atoms. The molecule has 0 saturated carbocycles. The fourth-order valence-corrected chi connectivity index (χ4v) is 2.85. The number of nitrogen functional groups attached to an aromatic ring is 1. The SMILES string of the molecule is Cc1cccc(NS(=O)(=O)c2ccc(F)cc2N)c1. The molecule has 6 heteroatoms. The molecule has 0 aliphatic rings. The topological polar surface area (TPSA) is 72.2 Å². The van der Waals surface area contributed by atoms with Crippen LogP contribution in [0.15, 0.2) is 47.4 Å². The van der Waals surface area contributed by atoms with E-state index in [1.807, 2.05) is 13.0 Å². The normalized spacial score (nSPS) is 11.3. The number of aryl methyl sites for hydroxylation is 1. The Balaban J connectivity index is 2.38. The summed E-state index contributed by atoms with van der Waals surface area (Å²) >= 11 is 0. The molecule has 0 bridgehead atoms. The van der Waals surface area contributed by atoms with Crippen molar-refractivity contribution < 1.29 is 12.8 Å². The Kier molecular flexibility index (Phi) is 3.44. The van der Waals surface area contributed by atoms with Gasteiger partial charge in [-0.05, 0) is 42.8 Å². The smallest absolute Gasteiger partial charge is 0.263 e. The van der Waals surface area contributed by atoms with Crippen molar-refractivity contribution in [3.8, 4) is 0 Å². The second-order valence-corrected chi connectivity index (χ2v) is 5.81. The molecule has 0 heterocycles. The van der Waals surface area contributed by atoms with Crippen molar-refractivity contribution in [2.45, 2.75) is 11.8 Å². The number of nitrogens with one attached hydrogen (secondary N) is 1. The first-order chi connectivity index (χ1) is 8.88. The Labute approximate surface area is 111 Å². The van der Waals surface area contributed by atoms with Crippen molar-refractivity contribution >= 4 is 21.4 Å². The first-order valence-electron chi connectivity index (χ1n) is 5.53. The van der Waals surface area contributed by atoms with Crippen LogP contribution in [-0.4, -0.2) is 8.42 Å². The van der Waals surface area contributed by atoms with E-state index in [9.17, 15) is 12.8 Å². The van der Waals surface area contributed by atoms with Gasteiger partial charge in [0.05, 0.1) is 5.69 Å². The van der Waals surface area contributed by atoms with Crippen LogP contribution in [0.1, 0.15) is 5.56 Å². The van der Waals surface area contributed by atoms with Gasteiger partial charge in [-0.25, -0.2) is 12.8 Å². The van der Waals surface area contributed by atoms with Crippen LogP contribution >= 0.6 is 0 Å². The average molecular weight is 280 g/mol. The van der Waals surface area contributed by atoms with E-state index in [4.69, 9.17) is 5.73 Å². The zero-order valence-corrected chi connectivity index (χ0v) is 11.0. The summed E-state index contributed by atoms with van der Waals surface area (Å²) in [5.41, 5.74) is 6.76. The molecule has 0 atom stereocenters. The van der Waals surface area contributed by atoms with Gasteiger partial charge in [-0.2, -0.15) is 0 Å². The molecule has 0 saturated heterocycles. The summed E-state index contributed by atoms with van der Waals surface area (Å²) in [6, 6.07) is 10.1. The van der Waals surface area contributed by atoms with Gasteiger partial charge in [-0.15, -0.1) is 0 Å². The van der Waals surface area contributed by atoms with Gasteiger partial charge in [0.15, 0.2) is 0 Å². The molecule has 2 aromatic carbocycles. The minimum Gasteiger partial charge on any atom is -0.398 e. The fraction of sp³-hybridized carbons (Fsp3) is 0.0769. The minimum absolute atomic E-state index is 0.125. The van der Waals surface area contributed by atoms with Crippen molar-refractivity contribution in [1.29, 1.82) is 0 Å². The van der Waals surface area contributed by atoms with Crippen LogP contribution in [0, 0.1) is 12.7 Å². The molecular formula is C13H13FN2O2S. The van der Waals surface area contributed by atoms with Crippen molar-refractivity contribution in [2.24, 2.45) is 0 Å². The van der Waals surface area contributed by atoms with Gasteiger partial charge in [0.2, 0.25) is 0 Å². The average Bonchev–Trinajstić information content (AvgIpc) is 2.27. The highest BCUT2D eigenvalue weighted by Crippen LogP contribution is 2.22. The summed E-state index contributed by atoms with van der Waals surface area (Å²) in [4.78, 5) is -0.143. The lowest BCUT2D eigenvalue weighted by Crippen LogP contribution is -2.15. The number of benzene rings is 2. The van der Waals surface area contributed by atoms with Crippen molar-refractivity contribution in [3.05, 3.63) is 53.8 Å². The Morgan fingerprint density at radius 1 is 1.16 bits per heavy atom. The number of nitrogens with two attached hydrogens (primary N) is 1. The maximum absolute atomic E-state index is 12.9. The Morgan fingerprint density at radius 3 is 2.53 bits per heavy atom. The Hall–Kier alpha value is -2.08. The molecule has 0 spiro atoms. The highest BCUT2D eigenvalue weighted by Gasteiger charge is 2.17. The Bertz CT molecular complexity index is 714. The third-order valence-electron chi connectivity index (χ3n) is 2.53. The highest BCUT2D eigenvalue weighted by molar-refractivity contribution is 7.92. The predicted octanol–water partition coefficient (Wildman–Crippen LogP) is 2.52. The molecular weight excluding hydrogens is 267 g/mol. The van der Waals surface area contributed by atoms with Crippen LogP contribution in [0.2, 0.25) is 0 Å². The molecule has 0 aliphatic carbocycles. The van der Waals surface area contributed by atoms with Crippen LogP contribution in [0.5, 0.6) is 0 Å². The van der Waals surface area contributed by atoms with Crippen LogP contribution in [0.3, 0.4) is 0 Å². The van der Waals surface area contributed by atoms with Crippen LogP contribution in [-0.2, 0) is 10.0 Å². The van der Waals surface area contributed by atoms with Gasteiger partial charge >= 0.3 is 0 Å². The van der Waals surface area contributed by atoms with Crippen molar-refractivity contribution in [3.63, 3.8) is 0 Å². The van der Waals surface area contributed by atoms with Gasteiger partial charge in [-0.3, -0.25) is 4.72 Å². The maximum Gasteiger partial charge on any atom is 0.263 e. The molecule has 2 rings (SSSR count). The van der Waals surface area contributed by atoms with E-state index in [1.165, 1.54) is 0 Å². The van der Waals surface area contributed by atoms with Gasteiger partial charge in [0.1, 0.15) is 10.7 Å². The summed E-state index contributed by atoms with van der Waals surface area (Å²) in [7, 11) is -3.82. The quantitative estimate of drug-likeness (QED) is 0.848. The second kappa shape index (κ2) is 4.89. The largest absolute Gasteiger partial charge is 0.398 e. The summed E-state index contributed by atoms with van der Waals surface area (Å²) < 4.78 is 39.6. The number of halogens is 1. The molecule has 0 aromatic heterocycles. The van der Waals surface area contributed by atoms with Gasteiger partial charge in [0.25, 0.3) is 10.0 Å². The first-order valence-corrected chi connectivity index (χ1v) is 7.01. The fourth-order valence-electron chi connectivity index (χ4n) is 1.68. The summed E-state index contributed by atoms with van der Waals surface area (Å²) in [5.74, 6) is -0.577. The van der Waals surface area contributed by atoms with E-state index in [0.29, 0.717) is 5.69 Å². The lowest BCUT2D eigenvalue weighted by molar-refractivity contribution is 0.600. The van der Waals surface area contributed by atoms with E-state index in [2.05, 4.69) is 4.72 Å². The van der Waals surface area contributed by atoms with Crippen molar-refractivity contribution in [2.75, 3.05) is 10.5 Å². The van der Waals surface area contributed by atoms with Crippen LogP contribution < -0.4 is 10.5 Å². The summed E-state index contributed by atoms with van der Waals surface area (Å²) in [6.07, 6.45) is 0. The van der Waals surface area contributed by atoms with Crippen molar-refractivity contribution in [1.82, 2.24) is 0 Å². The third kappa shape index (κ3) is 3.03. The zero-order valence-electron chi connectivity index (χ0n) is 10.2. The molecule has 3 N–H and O–H groups in total. The molecule has 4 nitrogen and oxygen atoms in total. The standard InChI is InChI=1S/C13H13FN2O2S/c1-9-3-2-4-11(7-9)16-19(17,18)13-6-5-10(14)8-12(13)15/h2-8,16H,15H2,1H3. The number of rotatable bonds is 3. The lowest BCUT2D eigenvalue weighted by Gasteiger charge is -2.10. The number of sulfonamides is 1. The van der Waals surface area contributed by atoms with E-state index >= 15 is 0 Å². The van der Waals surface area contributed by atoms with E-state index < -0.39 is 15.8 Å². The first kappa shape index (κ1) is 13.4.